The van der Waals surface area contributed by atoms with Gasteiger partial charge in [-0.2, -0.15) is 0 Å². The van der Waals surface area contributed by atoms with Gasteiger partial charge in [-0.05, 0) is 52.2 Å². The fourth-order valence-electron chi connectivity index (χ4n) is 3.19. The maximum absolute atomic E-state index is 12.0. The number of halogens is 1. The van der Waals surface area contributed by atoms with Gasteiger partial charge < -0.3 is 25.6 Å². The van der Waals surface area contributed by atoms with Crippen LogP contribution in [0.4, 0.5) is 4.79 Å². The van der Waals surface area contributed by atoms with Crippen LogP contribution in [0.2, 0.25) is 0 Å². The van der Waals surface area contributed by atoms with E-state index in [0.717, 1.165) is 24.1 Å². The molecule has 0 atom stereocenters. The molecule has 0 aliphatic carbocycles. The predicted molar refractivity (Wildman–Crippen MR) is 138 cm³/mol. The molecule has 0 aromatic heterocycles. The normalized spacial score (nSPS) is 14.6. The number of hydrogen-bond acceptors (Lipinski definition) is 4. The second-order valence-corrected chi connectivity index (χ2v) is 9.53. The van der Waals surface area contributed by atoms with Crippen LogP contribution in [-0.4, -0.2) is 54.1 Å². The van der Waals surface area contributed by atoms with Gasteiger partial charge in [-0.1, -0.05) is 24.3 Å². The number of likely N-dealkylation sites (tertiary alicyclic amines) is 1. The summed E-state index contributed by atoms with van der Waals surface area (Å²) in [6, 6.07) is 8.24. The Kier molecular flexibility index (Phi) is 10.7. The summed E-state index contributed by atoms with van der Waals surface area (Å²) in [5, 5.41) is 9.39. The summed E-state index contributed by atoms with van der Waals surface area (Å²) in [6.07, 6.45) is 1.17. The molecule has 2 amide bonds. The molecule has 0 unspecified atom stereocenters. The van der Waals surface area contributed by atoms with E-state index in [1.54, 1.807) is 7.05 Å². The van der Waals surface area contributed by atoms with E-state index in [-0.39, 0.29) is 29.9 Å². The lowest BCUT2D eigenvalue weighted by Gasteiger charge is -2.29. The Morgan fingerprint density at radius 2 is 1.72 bits per heavy atom. The average Bonchev–Trinajstić information content (AvgIpc) is 3.05. The van der Waals surface area contributed by atoms with Crippen LogP contribution in [0.15, 0.2) is 29.3 Å². The van der Waals surface area contributed by atoms with Crippen molar-refractivity contribution in [3.05, 3.63) is 35.4 Å². The summed E-state index contributed by atoms with van der Waals surface area (Å²) in [4.78, 5) is 30.0. The number of carbonyl (C=O) groups excluding carboxylic acids is 2. The smallest absolute Gasteiger partial charge is 0.408 e. The van der Waals surface area contributed by atoms with E-state index in [2.05, 4.69) is 45.2 Å². The Balaban J connectivity index is 0.00000512. The minimum absolute atomic E-state index is 0. The number of carbonyl (C=O) groups is 2. The Bertz CT molecular complexity index is 788. The molecule has 8 nitrogen and oxygen atoms in total. The number of alkyl carbamates (subject to hydrolysis) is 1. The van der Waals surface area contributed by atoms with Crippen molar-refractivity contribution in [2.75, 3.05) is 20.1 Å². The zero-order valence-corrected chi connectivity index (χ0v) is 22.4. The first-order chi connectivity index (χ1) is 14.5. The Morgan fingerprint density at radius 3 is 2.25 bits per heavy atom. The van der Waals surface area contributed by atoms with Crippen LogP contribution in [0.25, 0.3) is 0 Å². The Labute approximate surface area is 209 Å². The first-order valence-corrected chi connectivity index (χ1v) is 10.8. The Hall–Kier alpha value is -2.04. The molecule has 9 heteroatoms. The van der Waals surface area contributed by atoms with E-state index in [9.17, 15) is 9.59 Å². The second-order valence-electron chi connectivity index (χ2n) is 9.53. The molecular weight excluding hydrogens is 521 g/mol. The van der Waals surface area contributed by atoms with Crippen molar-refractivity contribution in [3.63, 3.8) is 0 Å². The zero-order chi connectivity index (χ0) is 23.1. The lowest BCUT2D eigenvalue weighted by Crippen LogP contribution is -2.54. The molecule has 2 rings (SSSR count). The van der Waals surface area contributed by atoms with Crippen molar-refractivity contribution in [1.82, 2.24) is 20.9 Å². The molecule has 0 bridgehead atoms. The van der Waals surface area contributed by atoms with E-state index >= 15 is 0 Å². The lowest BCUT2D eigenvalue weighted by atomic mass is 10.1. The van der Waals surface area contributed by atoms with Gasteiger partial charge in [0.2, 0.25) is 5.91 Å². The van der Waals surface area contributed by atoms with Gasteiger partial charge in [-0.15, -0.1) is 24.0 Å². The van der Waals surface area contributed by atoms with E-state index in [1.165, 1.54) is 0 Å². The van der Waals surface area contributed by atoms with Crippen LogP contribution in [0.3, 0.4) is 0 Å². The van der Waals surface area contributed by atoms with Gasteiger partial charge in [0.15, 0.2) is 5.96 Å². The number of guanidine groups is 1. The number of nitrogens with one attached hydrogen (secondary N) is 3. The molecule has 0 radical (unpaired) electrons. The minimum Gasteiger partial charge on any atom is -0.444 e. The molecule has 1 aromatic rings. The van der Waals surface area contributed by atoms with Gasteiger partial charge in [0.05, 0.1) is 5.54 Å². The summed E-state index contributed by atoms with van der Waals surface area (Å²) in [6.45, 7) is 12.0. The van der Waals surface area contributed by atoms with E-state index in [4.69, 9.17) is 4.74 Å². The highest BCUT2D eigenvalue weighted by Gasteiger charge is 2.25. The van der Waals surface area contributed by atoms with Crippen LogP contribution >= 0.6 is 24.0 Å². The number of ether oxygens (including phenoxy) is 1. The molecule has 1 heterocycles. The van der Waals surface area contributed by atoms with Crippen molar-refractivity contribution in [2.24, 2.45) is 4.99 Å². The van der Waals surface area contributed by atoms with E-state index in [1.807, 2.05) is 39.5 Å². The molecule has 1 aliphatic rings. The zero-order valence-electron chi connectivity index (χ0n) is 20.1. The third kappa shape index (κ3) is 10.1. The van der Waals surface area contributed by atoms with Gasteiger partial charge in [0.25, 0.3) is 0 Å². The van der Waals surface area contributed by atoms with Crippen LogP contribution in [-0.2, 0) is 22.6 Å². The Morgan fingerprint density at radius 1 is 1.09 bits per heavy atom. The van der Waals surface area contributed by atoms with Gasteiger partial charge >= 0.3 is 6.09 Å². The van der Waals surface area contributed by atoms with Crippen LogP contribution in [0.5, 0.6) is 0 Å². The topological polar surface area (TPSA) is 95.1 Å². The molecular formula is C23H38IN5O3. The molecule has 180 valence electrons. The van der Waals surface area contributed by atoms with Crippen LogP contribution in [0, 0.1) is 0 Å². The molecule has 1 aliphatic heterocycles. The largest absolute Gasteiger partial charge is 0.444 e. The van der Waals surface area contributed by atoms with Gasteiger partial charge in [0.1, 0.15) is 5.60 Å². The third-order valence-corrected chi connectivity index (χ3v) is 4.79. The summed E-state index contributed by atoms with van der Waals surface area (Å²) in [5.41, 5.74) is 1.20. The summed E-state index contributed by atoms with van der Waals surface area (Å²) in [7, 11) is 1.71. The summed E-state index contributed by atoms with van der Waals surface area (Å²) in [5.74, 6) is 0.885. The average molecular weight is 559 g/mol. The van der Waals surface area contributed by atoms with E-state index in [0.29, 0.717) is 32.0 Å². The maximum atomic E-state index is 12.0. The van der Waals surface area contributed by atoms with Gasteiger partial charge in [0, 0.05) is 39.6 Å². The number of hydrogen-bond donors (Lipinski definition) is 3. The molecule has 0 saturated carbocycles. The van der Waals surface area contributed by atoms with Crippen LogP contribution < -0.4 is 16.0 Å². The number of benzene rings is 1. The van der Waals surface area contributed by atoms with Crippen molar-refractivity contribution in [1.29, 1.82) is 0 Å². The monoisotopic (exact) mass is 559 g/mol. The molecule has 1 saturated heterocycles. The third-order valence-electron chi connectivity index (χ3n) is 4.79. The first kappa shape index (κ1) is 28.0. The number of rotatable bonds is 7. The van der Waals surface area contributed by atoms with E-state index < -0.39 is 17.2 Å². The molecule has 1 fully saturated rings. The fraction of sp³-hybridized carbons (Fsp3) is 0.609. The van der Waals surface area contributed by atoms with Gasteiger partial charge in [-0.25, -0.2) is 4.79 Å². The van der Waals surface area contributed by atoms with Crippen molar-refractivity contribution in [3.8, 4) is 0 Å². The summed E-state index contributed by atoms with van der Waals surface area (Å²) < 4.78 is 5.32. The standard InChI is InChI=1S/C23H37N5O3.HI/c1-22(2,3)31-21(30)27-23(4,5)16-26-20(24-6)25-14-17-9-11-18(12-10-17)15-28-13-7-8-19(28)29;/h9-12H,7-8,13-16H2,1-6H3,(H,27,30)(H2,24,25,26);1H. The maximum Gasteiger partial charge on any atom is 0.408 e. The van der Waals surface area contributed by atoms with Crippen LogP contribution in [0.1, 0.15) is 58.6 Å². The predicted octanol–water partition coefficient (Wildman–Crippen LogP) is 3.40. The SMILES string of the molecule is CN=C(NCc1ccc(CN2CCCC2=O)cc1)NCC(C)(C)NC(=O)OC(C)(C)C.I. The quantitative estimate of drug-likeness (QED) is 0.271. The lowest BCUT2D eigenvalue weighted by molar-refractivity contribution is -0.128. The van der Waals surface area contributed by atoms with Gasteiger partial charge in [-0.3, -0.25) is 9.79 Å². The molecule has 32 heavy (non-hydrogen) atoms. The number of amides is 2. The minimum atomic E-state index is -0.537. The fourth-order valence-corrected chi connectivity index (χ4v) is 3.19. The van der Waals surface area contributed by atoms with Crippen molar-refractivity contribution < 1.29 is 14.3 Å². The molecule has 1 aromatic carbocycles. The molecule has 3 N–H and O–H groups in total. The highest BCUT2D eigenvalue weighted by molar-refractivity contribution is 14.0. The highest BCUT2D eigenvalue weighted by atomic mass is 127. The summed E-state index contributed by atoms with van der Waals surface area (Å²) >= 11 is 0. The second kappa shape index (κ2) is 12.3. The highest BCUT2D eigenvalue weighted by Crippen LogP contribution is 2.15. The van der Waals surface area contributed by atoms with Crippen molar-refractivity contribution in [2.45, 2.75) is 71.7 Å². The number of aliphatic imine (C=N–C) groups is 1. The first-order valence-electron chi connectivity index (χ1n) is 10.8. The van der Waals surface area contributed by atoms with Crippen molar-refractivity contribution >= 4 is 41.9 Å². The number of nitrogens with zero attached hydrogens (tertiary/aromatic N) is 2. The molecule has 0 spiro atoms.